The SMILES string of the molecule is CCOC(=O)C1=C(C)N=C(CC)C(=O)C1. The van der Waals surface area contributed by atoms with Crippen LogP contribution in [0.2, 0.25) is 0 Å². The van der Waals surface area contributed by atoms with Crippen LogP contribution in [0.1, 0.15) is 33.6 Å². The highest BCUT2D eigenvalue weighted by molar-refractivity contribution is 6.41. The number of ether oxygens (including phenoxy) is 1. The van der Waals surface area contributed by atoms with E-state index in [0.717, 1.165) is 0 Å². The van der Waals surface area contributed by atoms with E-state index in [1.165, 1.54) is 0 Å². The minimum Gasteiger partial charge on any atom is -0.463 e. The van der Waals surface area contributed by atoms with Gasteiger partial charge in [-0.2, -0.15) is 0 Å². The van der Waals surface area contributed by atoms with E-state index in [4.69, 9.17) is 4.74 Å². The Hall–Kier alpha value is -1.45. The van der Waals surface area contributed by atoms with Gasteiger partial charge in [-0.3, -0.25) is 9.79 Å². The summed E-state index contributed by atoms with van der Waals surface area (Å²) in [5, 5.41) is 0. The lowest BCUT2D eigenvalue weighted by Crippen LogP contribution is -2.22. The number of carbonyl (C=O) groups excluding carboxylic acids is 2. The minimum absolute atomic E-state index is 0.0776. The van der Waals surface area contributed by atoms with Crippen LogP contribution in [0.4, 0.5) is 0 Å². The molecule has 0 amide bonds. The van der Waals surface area contributed by atoms with Crippen molar-refractivity contribution in [1.82, 2.24) is 0 Å². The van der Waals surface area contributed by atoms with Crippen molar-refractivity contribution < 1.29 is 14.3 Å². The van der Waals surface area contributed by atoms with Crippen molar-refractivity contribution >= 4 is 17.5 Å². The molecule has 0 aromatic carbocycles. The highest BCUT2D eigenvalue weighted by Crippen LogP contribution is 2.19. The van der Waals surface area contributed by atoms with Gasteiger partial charge in [0, 0.05) is 12.1 Å². The monoisotopic (exact) mass is 209 g/mol. The number of ketones is 1. The first-order valence-corrected chi connectivity index (χ1v) is 5.07. The third kappa shape index (κ3) is 2.52. The Morgan fingerprint density at radius 3 is 2.67 bits per heavy atom. The standard InChI is InChI=1S/C11H15NO3/c1-4-9-10(13)6-8(7(3)12-9)11(14)15-5-2/h4-6H2,1-3H3. The Bertz CT molecular complexity index is 353. The molecule has 4 nitrogen and oxygen atoms in total. The van der Waals surface area contributed by atoms with Crippen molar-refractivity contribution in [1.29, 1.82) is 0 Å². The quantitative estimate of drug-likeness (QED) is 0.664. The van der Waals surface area contributed by atoms with Gasteiger partial charge in [-0.25, -0.2) is 4.79 Å². The molecule has 0 radical (unpaired) electrons. The van der Waals surface area contributed by atoms with Crippen molar-refractivity contribution in [2.75, 3.05) is 6.61 Å². The maximum absolute atomic E-state index is 11.5. The number of hydrogen-bond donors (Lipinski definition) is 0. The fourth-order valence-corrected chi connectivity index (χ4v) is 1.44. The van der Waals surface area contributed by atoms with Gasteiger partial charge in [-0.05, 0) is 20.3 Å². The molecule has 0 aromatic rings. The highest BCUT2D eigenvalue weighted by Gasteiger charge is 2.24. The van der Waals surface area contributed by atoms with E-state index in [1.807, 2.05) is 6.92 Å². The van der Waals surface area contributed by atoms with Crippen LogP contribution in [-0.4, -0.2) is 24.1 Å². The van der Waals surface area contributed by atoms with E-state index < -0.39 is 5.97 Å². The smallest absolute Gasteiger partial charge is 0.336 e. The zero-order chi connectivity index (χ0) is 11.4. The van der Waals surface area contributed by atoms with E-state index >= 15 is 0 Å². The number of rotatable bonds is 3. The Morgan fingerprint density at radius 2 is 2.13 bits per heavy atom. The van der Waals surface area contributed by atoms with E-state index in [0.29, 0.717) is 30.0 Å². The molecule has 1 aliphatic heterocycles. The van der Waals surface area contributed by atoms with Crippen molar-refractivity contribution in [2.45, 2.75) is 33.6 Å². The third-order valence-electron chi connectivity index (χ3n) is 2.26. The predicted octanol–water partition coefficient (Wildman–Crippen LogP) is 1.65. The van der Waals surface area contributed by atoms with Crippen molar-refractivity contribution in [3.05, 3.63) is 11.3 Å². The second-order valence-electron chi connectivity index (χ2n) is 3.30. The average Bonchev–Trinajstić information content (AvgIpc) is 2.21. The summed E-state index contributed by atoms with van der Waals surface area (Å²) in [6, 6.07) is 0. The van der Waals surface area contributed by atoms with Gasteiger partial charge >= 0.3 is 5.97 Å². The molecule has 0 fully saturated rings. The summed E-state index contributed by atoms with van der Waals surface area (Å²) in [6.07, 6.45) is 0.726. The number of allylic oxidation sites excluding steroid dienone is 1. The van der Waals surface area contributed by atoms with Gasteiger partial charge < -0.3 is 4.74 Å². The summed E-state index contributed by atoms with van der Waals surface area (Å²) in [4.78, 5) is 27.1. The van der Waals surface area contributed by atoms with E-state index in [2.05, 4.69) is 4.99 Å². The number of carbonyl (C=O) groups is 2. The molecular formula is C11H15NO3. The van der Waals surface area contributed by atoms with Crippen LogP contribution in [0.3, 0.4) is 0 Å². The molecule has 0 saturated heterocycles. The third-order valence-corrected chi connectivity index (χ3v) is 2.26. The molecule has 82 valence electrons. The Balaban J connectivity index is 2.95. The molecule has 1 heterocycles. The summed E-state index contributed by atoms with van der Waals surface area (Å²) < 4.78 is 4.85. The summed E-state index contributed by atoms with van der Waals surface area (Å²) in [6.45, 7) is 5.65. The molecule has 0 saturated carbocycles. The highest BCUT2D eigenvalue weighted by atomic mass is 16.5. The van der Waals surface area contributed by atoms with Crippen LogP contribution in [0, 0.1) is 0 Å². The molecular weight excluding hydrogens is 194 g/mol. The number of nitrogens with zero attached hydrogens (tertiary/aromatic N) is 1. The number of aliphatic imine (C=N–C) groups is 1. The van der Waals surface area contributed by atoms with Crippen molar-refractivity contribution in [2.24, 2.45) is 4.99 Å². The molecule has 0 aliphatic carbocycles. The van der Waals surface area contributed by atoms with Crippen molar-refractivity contribution in [3.8, 4) is 0 Å². The topological polar surface area (TPSA) is 55.7 Å². The Labute approximate surface area is 89.0 Å². The number of Topliss-reactive ketones (excluding diaryl/α,β-unsaturated/α-hetero) is 1. The Kier molecular flexibility index (Phi) is 3.77. The Morgan fingerprint density at radius 1 is 1.47 bits per heavy atom. The zero-order valence-corrected chi connectivity index (χ0v) is 9.29. The molecule has 0 unspecified atom stereocenters. The number of esters is 1. The molecule has 1 aliphatic rings. The van der Waals surface area contributed by atoms with Crippen LogP contribution < -0.4 is 0 Å². The fourth-order valence-electron chi connectivity index (χ4n) is 1.44. The molecule has 0 aromatic heterocycles. The summed E-state index contributed by atoms with van der Waals surface area (Å²) in [5.41, 5.74) is 1.53. The summed E-state index contributed by atoms with van der Waals surface area (Å²) in [5.74, 6) is -0.506. The largest absolute Gasteiger partial charge is 0.463 e. The predicted molar refractivity (Wildman–Crippen MR) is 56.7 cm³/mol. The summed E-state index contributed by atoms with van der Waals surface area (Å²) in [7, 11) is 0. The summed E-state index contributed by atoms with van der Waals surface area (Å²) >= 11 is 0. The lowest BCUT2D eigenvalue weighted by molar-refractivity contribution is -0.139. The second kappa shape index (κ2) is 4.87. The maximum Gasteiger partial charge on any atom is 0.336 e. The lowest BCUT2D eigenvalue weighted by atomic mass is 10.00. The van der Waals surface area contributed by atoms with Gasteiger partial charge in [-0.15, -0.1) is 0 Å². The van der Waals surface area contributed by atoms with Crippen LogP contribution in [0.5, 0.6) is 0 Å². The zero-order valence-electron chi connectivity index (χ0n) is 9.29. The molecule has 0 N–H and O–H groups in total. The maximum atomic E-state index is 11.5. The van der Waals surface area contributed by atoms with E-state index in [-0.39, 0.29) is 12.2 Å². The molecule has 0 spiro atoms. The van der Waals surface area contributed by atoms with Gasteiger partial charge in [0.15, 0.2) is 5.78 Å². The molecule has 15 heavy (non-hydrogen) atoms. The van der Waals surface area contributed by atoms with Gasteiger partial charge in [-0.1, -0.05) is 6.92 Å². The average molecular weight is 209 g/mol. The van der Waals surface area contributed by atoms with Gasteiger partial charge in [0.25, 0.3) is 0 Å². The fraction of sp³-hybridized carbons (Fsp3) is 0.545. The van der Waals surface area contributed by atoms with Crippen LogP contribution in [-0.2, 0) is 14.3 Å². The van der Waals surface area contributed by atoms with Crippen LogP contribution in [0.25, 0.3) is 0 Å². The van der Waals surface area contributed by atoms with Gasteiger partial charge in [0.2, 0.25) is 0 Å². The first kappa shape index (κ1) is 11.6. The van der Waals surface area contributed by atoms with Crippen LogP contribution >= 0.6 is 0 Å². The van der Waals surface area contributed by atoms with Crippen LogP contribution in [0.15, 0.2) is 16.3 Å². The lowest BCUT2D eigenvalue weighted by Gasteiger charge is -2.14. The first-order valence-electron chi connectivity index (χ1n) is 5.07. The molecule has 0 atom stereocenters. The second-order valence-corrected chi connectivity index (χ2v) is 3.30. The van der Waals surface area contributed by atoms with Crippen molar-refractivity contribution in [3.63, 3.8) is 0 Å². The molecule has 0 bridgehead atoms. The molecule has 1 rings (SSSR count). The van der Waals surface area contributed by atoms with Gasteiger partial charge in [0.1, 0.15) is 0 Å². The molecule has 4 heteroatoms. The first-order chi connectivity index (χ1) is 7.10. The normalized spacial score (nSPS) is 16.5. The number of hydrogen-bond acceptors (Lipinski definition) is 4. The van der Waals surface area contributed by atoms with Gasteiger partial charge in [0.05, 0.1) is 17.9 Å². The van der Waals surface area contributed by atoms with E-state index in [9.17, 15) is 9.59 Å². The van der Waals surface area contributed by atoms with E-state index in [1.54, 1.807) is 13.8 Å². The minimum atomic E-state index is -0.428.